The molecular weight excluding hydrogens is 371 g/mol. The van der Waals surface area contributed by atoms with Crippen LogP contribution in [0.4, 0.5) is 13.2 Å². The number of rotatable bonds is 8. The Labute approximate surface area is 163 Å². The van der Waals surface area contributed by atoms with E-state index in [0.29, 0.717) is 30.3 Å². The van der Waals surface area contributed by atoms with Crippen molar-refractivity contribution in [2.45, 2.75) is 66.5 Å². The minimum Gasteiger partial charge on any atom is -0.343 e. The lowest BCUT2D eigenvalue weighted by Crippen LogP contribution is -2.35. The molecule has 0 bridgehead atoms. The molecule has 2 rings (SSSR count). The van der Waals surface area contributed by atoms with Crippen LogP contribution in [0.5, 0.6) is 0 Å². The summed E-state index contributed by atoms with van der Waals surface area (Å²) in [6.45, 7) is 11.0. The molecule has 0 aliphatic heterocycles. The second kappa shape index (κ2) is 8.87. The molecule has 0 aromatic carbocycles. The summed E-state index contributed by atoms with van der Waals surface area (Å²) in [6, 6.07) is 0. The molecule has 0 aliphatic carbocycles. The SMILES string of the molecule is CCC(CC)CN(CC)C(=O)CCc1c(C)nc2nc(C(F)(F)F)nn2c1C. The molecule has 0 saturated heterocycles. The van der Waals surface area contributed by atoms with Crippen LogP contribution in [0.2, 0.25) is 0 Å². The number of hydrogen-bond donors (Lipinski definition) is 0. The normalized spacial score (nSPS) is 12.2. The van der Waals surface area contributed by atoms with Crippen molar-refractivity contribution in [3.05, 3.63) is 22.8 Å². The fraction of sp³-hybridized carbons (Fsp3) is 0.684. The number of carbonyl (C=O) groups is 1. The van der Waals surface area contributed by atoms with Gasteiger partial charge in [-0.1, -0.05) is 26.7 Å². The van der Waals surface area contributed by atoms with Gasteiger partial charge in [0.2, 0.25) is 5.91 Å². The Kier molecular flexibility index (Phi) is 7.01. The topological polar surface area (TPSA) is 63.4 Å². The van der Waals surface area contributed by atoms with E-state index in [1.807, 2.05) is 11.8 Å². The average molecular weight is 399 g/mol. The van der Waals surface area contributed by atoms with Crippen LogP contribution in [-0.2, 0) is 17.4 Å². The molecule has 6 nitrogen and oxygen atoms in total. The first-order chi connectivity index (χ1) is 13.1. The van der Waals surface area contributed by atoms with Gasteiger partial charge in [0.1, 0.15) is 0 Å². The van der Waals surface area contributed by atoms with Crippen molar-refractivity contribution >= 4 is 11.7 Å². The van der Waals surface area contributed by atoms with Gasteiger partial charge < -0.3 is 4.90 Å². The summed E-state index contributed by atoms with van der Waals surface area (Å²) in [5, 5.41) is 3.55. The van der Waals surface area contributed by atoms with Gasteiger partial charge in [0, 0.05) is 30.9 Å². The van der Waals surface area contributed by atoms with Crippen LogP contribution < -0.4 is 0 Å². The predicted octanol–water partition coefficient (Wildman–Crippen LogP) is 3.98. The fourth-order valence-electron chi connectivity index (χ4n) is 3.35. The first-order valence-electron chi connectivity index (χ1n) is 9.70. The van der Waals surface area contributed by atoms with Crippen LogP contribution in [0.25, 0.3) is 5.78 Å². The van der Waals surface area contributed by atoms with Gasteiger partial charge in [-0.2, -0.15) is 18.2 Å². The summed E-state index contributed by atoms with van der Waals surface area (Å²) >= 11 is 0. The second-order valence-electron chi connectivity index (χ2n) is 7.02. The van der Waals surface area contributed by atoms with E-state index in [-0.39, 0.29) is 18.1 Å². The van der Waals surface area contributed by atoms with Crippen LogP contribution in [0, 0.1) is 19.8 Å². The van der Waals surface area contributed by atoms with Crippen molar-refractivity contribution in [2.24, 2.45) is 5.92 Å². The van der Waals surface area contributed by atoms with E-state index in [9.17, 15) is 18.0 Å². The van der Waals surface area contributed by atoms with Crippen molar-refractivity contribution in [2.75, 3.05) is 13.1 Å². The zero-order valence-electron chi connectivity index (χ0n) is 17.1. The van der Waals surface area contributed by atoms with Crippen molar-refractivity contribution in [1.82, 2.24) is 24.5 Å². The third kappa shape index (κ3) is 4.80. The maximum atomic E-state index is 12.9. The predicted molar refractivity (Wildman–Crippen MR) is 99.9 cm³/mol. The number of alkyl halides is 3. The van der Waals surface area contributed by atoms with Gasteiger partial charge in [0.15, 0.2) is 0 Å². The molecule has 156 valence electrons. The van der Waals surface area contributed by atoms with Crippen molar-refractivity contribution in [3.63, 3.8) is 0 Å². The summed E-state index contributed by atoms with van der Waals surface area (Å²) in [7, 11) is 0. The highest BCUT2D eigenvalue weighted by Crippen LogP contribution is 2.27. The lowest BCUT2D eigenvalue weighted by atomic mass is 10.0. The number of carbonyl (C=O) groups excluding carboxylic acids is 1. The maximum Gasteiger partial charge on any atom is 0.453 e. The third-order valence-corrected chi connectivity index (χ3v) is 5.26. The summed E-state index contributed by atoms with van der Waals surface area (Å²) in [4.78, 5) is 22.1. The van der Waals surface area contributed by atoms with Crippen LogP contribution in [0.15, 0.2) is 0 Å². The number of halogens is 3. The minimum absolute atomic E-state index is 0.0443. The molecule has 0 spiro atoms. The number of aryl methyl sites for hydroxylation is 2. The summed E-state index contributed by atoms with van der Waals surface area (Å²) in [6.07, 6.45) is -1.90. The Morgan fingerprint density at radius 3 is 2.32 bits per heavy atom. The first kappa shape index (κ1) is 22.1. The Hall–Kier alpha value is -2.19. The Morgan fingerprint density at radius 1 is 1.14 bits per heavy atom. The molecule has 28 heavy (non-hydrogen) atoms. The van der Waals surface area contributed by atoms with Crippen LogP contribution >= 0.6 is 0 Å². The molecule has 0 fully saturated rings. The molecule has 0 unspecified atom stereocenters. The lowest BCUT2D eigenvalue weighted by Gasteiger charge is -2.25. The van der Waals surface area contributed by atoms with E-state index < -0.39 is 12.0 Å². The highest BCUT2D eigenvalue weighted by atomic mass is 19.4. The van der Waals surface area contributed by atoms with Crippen molar-refractivity contribution < 1.29 is 18.0 Å². The molecule has 1 amide bonds. The third-order valence-electron chi connectivity index (χ3n) is 5.26. The molecule has 0 N–H and O–H groups in total. The molecule has 0 atom stereocenters. The standard InChI is InChI=1S/C19H28F3N5O/c1-6-14(7-2)11-26(8-3)16(28)10-9-15-12(4)23-18-24-17(19(20,21)22)25-27(18)13(15)5/h14H,6-11H2,1-5H3. The molecular formula is C19H28F3N5O. The van der Waals surface area contributed by atoms with Gasteiger partial charge in [0.25, 0.3) is 11.6 Å². The smallest absolute Gasteiger partial charge is 0.343 e. The van der Waals surface area contributed by atoms with E-state index in [4.69, 9.17) is 0 Å². The van der Waals surface area contributed by atoms with E-state index in [0.717, 1.165) is 29.5 Å². The highest BCUT2D eigenvalue weighted by molar-refractivity contribution is 5.76. The van der Waals surface area contributed by atoms with Gasteiger partial charge in [-0.05, 0) is 38.7 Å². The summed E-state index contributed by atoms with van der Waals surface area (Å²) in [5.41, 5.74) is 1.83. The van der Waals surface area contributed by atoms with E-state index in [1.165, 1.54) is 0 Å². The molecule has 2 heterocycles. The van der Waals surface area contributed by atoms with Crippen LogP contribution in [0.3, 0.4) is 0 Å². The second-order valence-corrected chi connectivity index (χ2v) is 7.02. The lowest BCUT2D eigenvalue weighted by molar-refractivity contribution is -0.144. The number of hydrogen-bond acceptors (Lipinski definition) is 4. The largest absolute Gasteiger partial charge is 0.453 e. The molecule has 0 aliphatic rings. The molecule has 0 radical (unpaired) electrons. The molecule has 0 saturated carbocycles. The monoisotopic (exact) mass is 399 g/mol. The zero-order chi connectivity index (χ0) is 21.1. The van der Waals surface area contributed by atoms with Crippen LogP contribution in [-0.4, -0.2) is 43.5 Å². The van der Waals surface area contributed by atoms with Gasteiger partial charge >= 0.3 is 6.18 Å². The summed E-state index contributed by atoms with van der Waals surface area (Å²) in [5.74, 6) is -0.774. The Bertz CT molecular complexity index is 827. The number of amides is 1. The van der Waals surface area contributed by atoms with Crippen LogP contribution in [0.1, 0.15) is 62.8 Å². The molecule has 2 aromatic rings. The van der Waals surface area contributed by atoms with E-state index in [1.54, 1.807) is 13.8 Å². The molecule has 2 aromatic heterocycles. The Balaban J connectivity index is 2.20. The minimum atomic E-state index is -4.62. The van der Waals surface area contributed by atoms with Gasteiger partial charge in [0.05, 0.1) is 0 Å². The van der Waals surface area contributed by atoms with Gasteiger partial charge in [-0.3, -0.25) is 4.79 Å². The maximum absolute atomic E-state index is 12.9. The van der Waals surface area contributed by atoms with E-state index in [2.05, 4.69) is 28.9 Å². The van der Waals surface area contributed by atoms with Gasteiger partial charge in [-0.15, -0.1) is 5.10 Å². The first-order valence-corrected chi connectivity index (χ1v) is 9.70. The zero-order valence-corrected chi connectivity index (χ0v) is 17.1. The van der Waals surface area contributed by atoms with E-state index >= 15 is 0 Å². The van der Waals surface area contributed by atoms with Crippen molar-refractivity contribution in [1.29, 1.82) is 0 Å². The quantitative estimate of drug-likeness (QED) is 0.674. The van der Waals surface area contributed by atoms with Gasteiger partial charge in [-0.25, -0.2) is 9.50 Å². The number of aromatic nitrogens is 4. The Morgan fingerprint density at radius 2 is 1.79 bits per heavy atom. The fourth-order valence-corrected chi connectivity index (χ4v) is 3.35. The summed E-state index contributed by atoms with van der Waals surface area (Å²) < 4.78 is 39.8. The number of nitrogens with zero attached hydrogens (tertiary/aromatic N) is 5. The number of fused-ring (bicyclic) bond motifs is 1. The average Bonchev–Trinajstić information content (AvgIpc) is 3.07. The highest BCUT2D eigenvalue weighted by Gasteiger charge is 2.37. The molecule has 9 heteroatoms. The van der Waals surface area contributed by atoms with Crippen molar-refractivity contribution in [3.8, 4) is 0 Å².